The summed E-state index contributed by atoms with van der Waals surface area (Å²) in [5.41, 5.74) is 1.79. The SMILES string of the molecule is CCc1[nH]cnc1CO. The molecule has 1 aromatic rings. The van der Waals surface area contributed by atoms with E-state index < -0.39 is 0 Å². The molecule has 1 rings (SSSR count). The van der Waals surface area contributed by atoms with Crippen molar-refractivity contribution in [2.24, 2.45) is 0 Å². The summed E-state index contributed by atoms with van der Waals surface area (Å²) in [5.74, 6) is 0. The van der Waals surface area contributed by atoms with Crippen LogP contribution in [0.1, 0.15) is 18.3 Å². The van der Waals surface area contributed by atoms with Gasteiger partial charge in [-0.25, -0.2) is 4.98 Å². The van der Waals surface area contributed by atoms with Crippen molar-refractivity contribution in [3.8, 4) is 0 Å². The molecule has 0 aliphatic rings. The first-order valence-electron chi connectivity index (χ1n) is 3.00. The van der Waals surface area contributed by atoms with Crippen LogP contribution in [0.2, 0.25) is 0 Å². The number of H-pyrrole nitrogens is 1. The molecule has 50 valence electrons. The van der Waals surface area contributed by atoms with E-state index in [-0.39, 0.29) is 6.61 Å². The Hall–Kier alpha value is -0.830. The lowest BCUT2D eigenvalue weighted by atomic mass is 10.3. The molecule has 0 bridgehead atoms. The van der Waals surface area contributed by atoms with Gasteiger partial charge in [-0.05, 0) is 6.42 Å². The van der Waals surface area contributed by atoms with E-state index >= 15 is 0 Å². The van der Waals surface area contributed by atoms with Crippen molar-refractivity contribution < 1.29 is 5.11 Å². The Labute approximate surface area is 53.7 Å². The second-order valence-corrected chi connectivity index (χ2v) is 1.84. The number of rotatable bonds is 2. The molecular weight excluding hydrogens is 116 g/mol. The first kappa shape index (κ1) is 6.29. The van der Waals surface area contributed by atoms with E-state index in [1.54, 1.807) is 6.33 Å². The number of aromatic amines is 1. The van der Waals surface area contributed by atoms with Crippen molar-refractivity contribution in [2.75, 3.05) is 0 Å². The highest BCUT2D eigenvalue weighted by atomic mass is 16.3. The van der Waals surface area contributed by atoms with Gasteiger partial charge in [0.05, 0.1) is 18.6 Å². The molecule has 0 radical (unpaired) electrons. The molecule has 0 atom stereocenters. The zero-order valence-corrected chi connectivity index (χ0v) is 5.39. The number of aromatic nitrogens is 2. The number of aliphatic hydroxyl groups is 1. The van der Waals surface area contributed by atoms with E-state index in [9.17, 15) is 0 Å². The summed E-state index contributed by atoms with van der Waals surface area (Å²) >= 11 is 0. The minimum Gasteiger partial charge on any atom is -0.390 e. The van der Waals surface area contributed by atoms with Crippen LogP contribution in [0, 0.1) is 0 Å². The van der Waals surface area contributed by atoms with Crippen LogP contribution in [-0.4, -0.2) is 15.1 Å². The summed E-state index contributed by atoms with van der Waals surface area (Å²) in [6, 6.07) is 0. The quantitative estimate of drug-likeness (QED) is 0.605. The maximum absolute atomic E-state index is 8.66. The number of nitrogens with one attached hydrogen (secondary N) is 1. The Bertz CT molecular complexity index is 164. The fourth-order valence-corrected chi connectivity index (χ4v) is 0.792. The molecule has 0 fully saturated rings. The van der Waals surface area contributed by atoms with Crippen LogP contribution in [0.15, 0.2) is 6.33 Å². The van der Waals surface area contributed by atoms with Gasteiger partial charge in [-0.1, -0.05) is 6.92 Å². The van der Waals surface area contributed by atoms with Crippen LogP contribution < -0.4 is 0 Å². The third-order valence-corrected chi connectivity index (χ3v) is 1.31. The van der Waals surface area contributed by atoms with Gasteiger partial charge < -0.3 is 10.1 Å². The summed E-state index contributed by atoms with van der Waals surface area (Å²) < 4.78 is 0. The molecule has 3 nitrogen and oxygen atoms in total. The third-order valence-electron chi connectivity index (χ3n) is 1.31. The molecule has 1 heterocycles. The van der Waals surface area contributed by atoms with Crippen LogP contribution >= 0.6 is 0 Å². The summed E-state index contributed by atoms with van der Waals surface area (Å²) in [7, 11) is 0. The maximum atomic E-state index is 8.66. The number of hydrogen-bond acceptors (Lipinski definition) is 2. The van der Waals surface area contributed by atoms with E-state index in [2.05, 4.69) is 9.97 Å². The summed E-state index contributed by atoms with van der Waals surface area (Å²) in [6.45, 7) is 2.05. The number of nitrogens with zero attached hydrogens (tertiary/aromatic N) is 1. The maximum Gasteiger partial charge on any atom is 0.0926 e. The highest BCUT2D eigenvalue weighted by Gasteiger charge is 1.98. The third kappa shape index (κ3) is 1.10. The summed E-state index contributed by atoms with van der Waals surface area (Å²) in [5, 5.41) is 8.66. The Morgan fingerprint density at radius 1 is 1.78 bits per heavy atom. The monoisotopic (exact) mass is 126 g/mol. The normalized spacial score (nSPS) is 10.0. The number of hydrogen-bond donors (Lipinski definition) is 2. The smallest absolute Gasteiger partial charge is 0.0926 e. The second kappa shape index (κ2) is 2.64. The molecule has 0 aliphatic carbocycles. The predicted molar refractivity (Wildman–Crippen MR) is 33.9 cm³/mol. The Morgan fingerprint density at radius 3 is 3.00 bits per heavy atom. The Balaban J connectivity index is 2.85. The number of imidazole rings is 1. The van der Waals surface area contributed by atoms with Crippen LogP contribution in [0.4, 0.5) is 0 Å². The van der Waals surface area contributed by atoms with Crippen molar-refractivity contribution >= 4 is 0 Å². The molecular formula is C6H10N2O. The average Bonchev–Trinajstić information content (AvgIpc) is 2.33. The van der Waals surface area contributed by atoms with Gasteiger partial charge in [-0.15, -0.1) is 0 Å². The summed E-state index contributed by atoms with van der Waals surface area (Å²) in [4.78, 5) is 6.84. The van der Waals surface area contributed by atoms with Crippen molar-refractivity contribution in [1.29, 1.82) is 0 Å². The highest BCUT2D eigenvalue weighted by molar-refractivity contribution is 5.08. The van der Waals surface area contributed by atoms with E-state index in [1.807, 2.05) is 6.92 Å². The molecule has 0 aromatic carbocycles. The molecule has 2 N–H and O–H groups in total. The molecule has 0 unspecified atom stereocenters. The van der Waals surface area contributed by atoms with Gasteiger partial charge >= 0.3 is 0 Å². The average molecular weight is 126 g/mol. The molecule has 0 amide bonds. The van der Waals surface area contributed by atoms with Gasteiger partial charge in [0.2, 0.25) is 0 Å². The largest absolute Gasteiger partial charge is 0.390 e. The van der Waals surface area contributed by atoms with E-state index in [0.717, 1.165) is 17.8 Å². The standard InChI is InChI=1S/C6H10N2O/c1-2-5-6(3-9)8-4-7-5/h4,9H,2-3H2,1H3,(H,7,8). The fourth-order valence-electron chi connectivity index (χ4n) is 0.792. The van der Waals surface area contributed by atoms with E-state index in [4.69, 9.17) is 5.11 Å². The van der Waals surface area contributed by atoms with Crippen molar-refractivity contribution in [3.05, 3.63) is 17.7 Å². The van der Waals surface area contributed by atoms with Crippen molar-refractivity contribution in [3.63, 3.8) is 0 Å². The van der Waals surface area contributed by atoms with E-state index in [1.165, 1.54) is 0 Å². The first-order valence-corrected chi connectivity index (χ1v) is 3.00. The Morgan fingerprint density at radius 2 is 2.56 bits per heavy atom. The number of aryl methyl sites for hydroxylation is 1. The minimum atomic E-state index is 0.0344. The van der Waals surface area contributed by atoms with Crippen LogP contribution in [0.3, 0.4) is 0 Å². The lowest BCUT2D eigenvalue weighted by Crippen LogP contribution is -1.89. The van der Waals surface area contributed by atoms with E-state index in [0.29, 0.717) is 0 Å². The van der Waals surface area contributed by atoms with Crippen LogP contribution in [0.25, 0.3) is 0 Å². The van der Waals surface area contributed by atoms with Crippen molar-refractivity contribution in [1.82, 2.24) is 9.97 Å². The molecule has 9 heavy (non-hydrogen) atoms. The molecule has 3 heteroatoms. The molecule has 1 aromatic heterocycles. The van der Waals surface area contributed by atoms with Crippen LogP contribution in [-0.2, 0) is 13.0 Å². The topological polar surface area (TPSA) is 48.9 Å². The van der Waals surface area contributed by atoms with Crippen LogP contribution in [0.5, 0.6) is 0 Å². The summed E-state index contributed by atoms with van der Waals surface area (Å²) in [6.07, 6.45) is 2.50. The van der Waals surface area contributed by atoms with Gasteiger partial charge in [-0.2, -0.15) is 0 Å². The minimum absolute atomic E-state index is 0.0344. The van der Waals surface area contributed by atoms with Crippen molar-refractivity contribution in [2.45, 2.75) is 20.0 Å². The molecule has 0 aliphatic heterocycles. The van der Waals surface area contributed by atoms with Gasteiger partial charge in [0.15, 0.2) is 0 Å². The molecule has 0 spiro atoms. The van der Waals surface area contributed by atoms with Gasteiger partial charge in [0.1, 0.15) is 0 Å². The van der Waals surface area contributed by atoms with Gasteiger partial charge in [0, 0.05) is 5.69 Å². The first-order chi connectivity index (χ1) is 4.38. The fraction of sp³-hybridized carbons (Fsp3) is 0.500. The highest BCUT2D eigenvalue weighted by Crippen LogP contribution is 2.01. The molecule has 0 saturated heterocycles. The predicted octanol–water partition coefficient (Wildman–Crippen LogP) is 0.464. The zero-order valence-electron chi connectivity index (χ0n) is 5.39. The lowest BCUT2D eigenvalue weighted by molar-refractivity contribution is 0.276. The van der Waals surface area contributed by atoms with Gasteiger partial charge in [-0.3, -0.25) is 0 Å². The lowest BCUT2D eigenvalue weighted by Gasteiger charge is -1.91. The zero-order chi connectivity index (χ0) is 6.69. The molecule has 0 saturated carbocycles. The number of aliphatic hydroxyl groups excluding tert-OH is 1. The second-order valence-electron chi connectivity index (χ2n) is 1.84. The Kier molecular flexibility index (Phi) is 1.85. The van der Waals surface area contributed by atoms with Gasteiger partial charge in [0.25, 0.3) is 0 Å².